The Kier molecular flexibility index (Phi) is 10.4. The maximum absolute atomic E-state index is 14.2. The summed E-state index contributed by atoms with van der Waals surface area (Å²) in [6.45, 7) is 6.86. The number of carbonyl (C=O) groups is 2. The Morgan fingerprint density at radius 1 is 1.07 bits per heavy atom. The third-order valence-corrected chi connectivity index (χ3v) is 10.9. The number of rotatable bonds is 10. The molecule has 6 rings (SSSR count). The zero-order valence-electron chi connectivity index (χ0n) is 27.0. The molecule has 0 spiro atoms. The lowest BCUT2D eigenvalue weighted by Crippen LogP contribution is -2.48. The van der Waals surface area contributed by atoms with Crippen LogP contribution >= 0.6 is 11.6 Å². The zero-order valence-corrected chi connectivity index (χ0v) is 27.8. The van der Waals surface area contributed by atoms with E-state index >= 15 is 0 Å². The molecule has 2 aromatic carbocycles. The molecule has 0 unspecified atom stereocenters. The lowest BCUT2D eigenvalue weighted by Gasteiger charge is -2.43. The Bertz CT molecular complexity index is 1490. The molecule has 0 bridgehead atoms. The van der Waals surface area contributed by atoms with Crippen LogP contribution in [0.5, 0.6) is 5.75 Å². The summed E-state index contributed by atoms with van der Waals surface area (Å²) in [6.07, 6.45) is 8.36. The molecule has 9 heteroatoms. The molecule has 3 heterocycles. The first-order valence-electron chi connectivity index (χ1n) is 17.1. The largest absolute Gasteiger partial charge is 0.508 e. The number of amides is 2. The highest BCUT2D eigenvalue weighted by Gasteiger charge is 2.58. The number of fused-ring (bicyclic) bond motifs is 3. The van der Waals surface area contributed by atoms with E-state index in [0.29, 0.717) is 24.2 Å². The van der Waals surface area contributed by atoms with Crippen LogP contribution in [0.25, 0.3) is 6.08 Å². The van der Waals surface area contributed by atoms with Crippen molar-refractivity contribution in [2.24, 2.45) is 17.8 Å². The SMILES string of the molecule is CCCC1=C2[C@@H](CC/C(=C/c3ccc(O)cc3Cl)CC)OB(O)C[C@@H]2[C@@H]2C(=O)N(C3CCN(Cc4ccccc4)CC3)C(=O)[C@@H]2C1. The van der Waals surface area contributed by atoms with Gasteiger partial charge in [-0.05, 0) is 92.1 Å². The van der Waals surface area contributed by atoms with Gasteiger partial charge in [-0.25, -0.2) is 0 Å². The van der Waals surface area contributed by atoms with Crippen LogP contribution in [0, 0.1) is 17.8 Å². The number of hydrogen-bond donors (Lipinski definition) is 2. The number of allylic oxidation sites excluding steroid dienone is 2. The summed E-state index contributed by atoms with van der Waals surface area (Å²) in [6, 6.07) is 15.4. The van der Waals surface area contributed by atoms with Crippen LogP contribution < -0.4 is 0 Å². The lowest BCUT2D eigenvalue weighted by molar-refractivity contribution is -0.144. The van der Waals surface area contributed by atoms with Crippen LogP contribution in [0.15, 0.2) is 65.3 Å². The molecule has 2 amide bonds. The summed E-state index contributed by atoms with van der Waals surface area (Å²) in [5.41, 5.74) is 5.73. The third kappa shape index (κ3) is 6.87. The van der Waals surface area contributed by atoms with Crippen LogP contribution in [0.2, 0.25) is 11.3 Å². The molecule has 7 nitrogen and oxygen atoms in total. The highest BCUT2D eigenvalue weighted by molar-refractivity contribution is 6.43. The van der Waals surface area contributed by atoms with Crippen LogP contribution in [-0.4, -0.2) is 64.1 Å². The lowest BCUT2D eigenvalue weighted by atomic mass is 9.58. The van der Waals surface area contributed by atoms with E-state index in [1.165, 1.54) is 16.7 Å². The van der Waals surface area contributed by atoms with Crippen molar-refractivity contribution in [1.82, 2.24) is 9.80 Å². The van der Waals surface area contributed by atoms with Gasteiger partial charge < -0.3 is 14.8 Å². The van der Waals surface area contributed by atoms with E-state index in [2.05, 4.69) is 49.1 Å². The topological polar surface area (TPSA) is 90.3 Å². The molecule has 0 radical (unpaired) electrons. The van der Waals surface area contributed by atoms with Gasteiger partial charge in [-0.1, -0.05) is 79.4 Å². The zero-order chi connectivity index (χ0) is 32.4. The van der Waals surface area contributed by atoms with Gasteiger partial charge in [-0.2, -0.15) is 0 Å². The molecule has 2 N–H and O–H groups in total. The second kappa shape index (κ2) is 14.5. The van der Waals surface area contributed by atoms with Gasteiger partial charge in [0.15, 0.2) is 0 Å². The average Bonchev–Trinajstić information content (AvgIpc) is 3.30. The number of aromatic hydroxyl groups is 1. The molecule has 3 fully saturated rings. The Labute approximate surface area is 278 Å². The van der Waals surface area contributed by atoms with Gasteiger partial charge in [0.1, 0.15) is 5.75 Å². The van der Waals surface area contributed by atoms with E-state index in [1.54, 1.807) is 17.0 Å². The van der Waals surface area contributed by atoms with E-state index in [0.717, 1.165) is 69.3 Å². The van der Waals surface area contributed by atoms with Crippen molar-refractivity contribution in [3.8, 4) is 5.75 Å². The number of phenolic OH excluding ortho intramolecular Hbond substituents is 1. The van der Waals surface area contributed by atoms with Crippen molar-refractivity contribution in [2.45, 2.75) is 90.2 Å². The molecule has 4 aliphatic rings. The van der Waals surface area contributed by atoms with Crippen molar-refractivity contribution in [3.05, 3.63) is 81.4 Å². The standard InChI is InChI=1S/C37H46BClN2O5/c1-3-8-27-20-30-35(37(44)41(36(30)43)28-15-17-40(18-16-28)23-25-9-6-5-7-10-25)31-22-38(45)46-33(34(27)31)14-11-24(4-2)19-26-12-13-29(42)21-32(26)39/h5-7,9-10,12-13,19,21,28,30-31,33,35,42,45H,3-4,8,11,14-18,20,22-23H2,1-2H3/b24-19+/t30-,31+,33-,35-/m1/s1. The number of hydrogen-bond acceptors (Lipinski definition) is 6. The Morgan fingerprint density at radius 3 is 2.52 bits per heavy atom. The minimum atomic E-state index is -0.973. The summed E-state index contributed by atoms with van der Waals surface area (Å²) in [5.74, 6) is -0.882. The minimum absolute atomic E-state index is 0.0105. The number of phenols is 1. The van der Waals surface area contributed by atoms with Crippen molar-refractivity contribution in [1.29, 1.82) is 0 Å². The maximum atomic E-state index is 14.2. The number of halogens is 1. The Hall–Kier alpha value is -2.91. The summed E-state index contributed by atoms with van der Waals surface area (Å²) >= 11 is 6.39. The first-order valence-corrected chi connectivity index (χ1v) is 17.5. The monoisotopic (exact) mass is 644 g/mol. The molecular formula is C37H46BClN2O5. The summed E-state index contributed by atoms with van der Waals surface area (Å²) in [4.78, 5) is 32.3. The van der Waals surface area contributed by atoms with Gasteiger partial charge in [-0.3, -0.25) is 19.4 Å². The second-order valence-corrected chi connectivity index (χ2v) is 13.9. The second-order valence-electron chi connectivity index (χ2n) is 13.5. The first-order chi connectivity index (χ1) is 22.3. The normalized spacial score (nSPS) is 26.1. The van der Waals surface area contributed by atoms with Crippen LogP contribution in [0.3, 0.4) is 0 Å². The predicted octanol–water partition coefficient (Wildman–Crippen LogP) is 6.88. The van der Waals surface area contributed by atoms with Gasteiger partial charge >= 0.3 is 7.12 Å². The van der Waals surface area contributed by atoms with E-state index in [-0.39, 0.29) is 41.5 Å². The summed E-state index contributed by atoms with van der Waals surface area (Å²) in [5, 5.41) is 21.2. The van der Waals surface area contributed by atoms with E-state index in [1.807, 2.05) is 12.1 Å². The minimum Gasteiger partial charge on any atom is -0.508 e. The number of piperidine rings is 1. The predicted molar refractivity (Wildman–Crippen MR) is 182 cm³/mol. The van der Waals surface area contributed by atoms with Crippen molar-refractivity contribution in [2.75, 3.05) is 13.1 Å². The van der Waals surface area contributed by atoms with Gasteiger partial charge in [0.05, 0.1) is 23.0 Å². The fourth-order valence-corrected chi connectivity index (χ4v) is 8.61. The molecule has 46 heavy (non-hydrogen) atoms. The number of carbonyl (C=O) groups excluding carboxylic acids is 2. The molecule has 0 saturated carbocycles. The van der Waals surface area contributed by atoms with E-state index < -0.39 is 13.0 Å². The highest BCUT2D eigenvalue weighted by atomic mass is 35.5. The molecule has 2 aromatic rings. The quantitative estimate of drug-likeness (QED) is 0.167. The number of benzene rings is 2. The Morgan fingerprint density at radius 2 is 1.83 bits per heavy atom. The Balaban J connectivity index is 1.19. The average molecular weight is 645 g/mol. The summed E-state index contributed by atoms with van der Waals surface area (Å²) < 4.78 is 6.23. The van der Waals surface area contributed by atoms with E-state index in [9.17, 15) is 19.7 Å². The van der Waals surface area contributed by atoms with E-state index in [4.69, 9.17) is 16.3 Å². The maximum Gasteiger partial charge on any atom is 0.455 e. The fraction of sp³-hybridized carbons (Fsp3) is 0.514. The molecule has 1 aliphatic carbocycles. The highest BCUT2D eigenvalue weighted by Crippen LogP contribution is 2.52. The molecule has 4 atom stereocenters. The van der Waals surface area contributed by atoms with Gasteiger partial charge in [0.25, 0.3) is 0 Å². The van der Waals surface area contributed by atoms with Gasteiger partial charge in [0.2, 0.25) is 11.8 Å². The van der Waals surface area contributed by atoms with Crippen molar-refractivity contribution < 1.29 is 24.4 Å². The van der Waals surface area contributed by atoms with Crippen LogP contribution in [0.4, 0.5) is 0 Å². The fourth-order valence-electron chi connectivity index (χ4n) is 8.38. The summed E-state index contributed by atoms with van der Waals surface area (Å²) in [7, 11) is -0.973. The number of likely N-dealkylation sites (tertiary alicyclic amines) is 2. The van der Waals surface area contributed by atoms with Gasteiger partial charge in [-0.15, -0.1) is 0 Å². The van der Waals surface area contributed by atoms with Crippen molar-refractivity contribution >= 4 is 36.6 Å². The first kappa shape index (κ1) is 33.0. The third-order valence-electron chi connectivity index (χ3n) is 10.6. The molecule has 244 valence electrons. The molecule has 3 saturated heterocycles. The molecule has 3 aliphatic heterocycles. The number of imide groups is 1. The van der Waals surface area contributed by atoms with Crippen molar-refractivity contribution in [3.63, 3.8) is 0 Å². The van der Waals surface area contributed by atoms with Crippen LogP contribution in [-0.2, 0) is 20.8 Å². The molecule has 0 aromatic heterocycles. The number of nitrogens with zero attached hydrogens (tertiary/aromatic N) is 2. The molecular weight excluding hydrogens is 599 g/mol. The smallest absolute Gasteiger partial charge is 0.455 e. The van der Waals surface area contributed by atoms with Gasteiger partial charge in [0, 0.05) is 25.7 Å². The van der Waals surface area contributed by atoms with Crippen LogP contribution in [0.1, 0.15) is 76.3 Å².